The van der Waals surface area contributed by atoms with E-state index < -0.39 is 0 Å². The molecule has 0 aliphatic heterocycles. The van der Waals surface area contributed by atoms with Gasteiger partial charge in [-0.1, -0.05) is 30.3 Å². The number of hydrogen-bond acceptors (Lipinski definition) is 5. The Morgan fingerprint density at radius 1 is 1.05 bits per heavy atom. The molecule has 0 unspecified atom stereocenters. The van der Waals surface area contributed by atoms with Crippen LogP contribution in [0.1, 0.15) is 26.3 Å². The van der Waals surface area contributed by atoms with Gasteiger partial charge in [0.1, 0.15) is 0 Å². The van der Waals surface area contributed by atoms with Gasteiger partial charge in [0, 0.05) is 10.9 Å². The van der Waals surface area contributed by atoms with Crippen molar-refractivity contribution in [2.75, 3.05) is 5.32 Å². The zero-order chi connectivity index (χ0) is 15.5. The zero-order valence-corrected chi connectivity index (χ0v) is 13.3. The van der Waals surface area contributed by atoms with E-state index in [-0.39, 0.29) is 11.7 Å². The summed E-state index contributed by atoms with van der Waals surface area (Å²) in [6, 6.07) is 13.1. The lowest BCUT2D eigenvalue weighted by atomic mass is 10.2. The molecule has 1 N–H and O–H groups in total. The topological polar surface area (TPSA) is 59.1 Å². The number of carbonyl (C=O) groups excluding carboxylic acids is 2. The summed E-state index contributed by atoms with van der Waals surface area (Å²) >= 11 is 2.56. The molecule has 0 aliphatic carbocycles. The van der Waals surface area contributed by atoms with Crippen molar-refractivity contribution in [3.8, 4) is 11.3 Å². The minimum atomic E-state index is -0.244. The summed E-state index contributed by atoms with van der Waals surface area (Å²) in [4.78, 5) is 28.9. The third-order valence-corrected chi connectivity index (χ3v) is 4.91. The van der Waals surface area contributed by atoms with E-state index in [4.69, 9.17) is 0 Å². The first-order chi connectivity index (χ1) is 10.6. The fourth-order valence-corrected chi connectivity index (χ4v) is 3.39. The summed E-state index contributed by atoms with van der Waals surface area (Å²) in [5.74, 6) is -0.281. The van der Waals surface area contributed by atoms with Gasteiger partial charge in [-0.2, -0.15) is 0 Å². The van der Waals surface area contributed by atoms with Crippen LogP contribution in [0.2, 0.25) is 0 Å². The van der Waals surface area contributed by atoms with Crippen LogP contribution in [-0.4, -0.2) is 16.7 Å². The van der Waals surface area contributed by atoms with Crippen molar-refractivity contribution < 1.29 is 9.59 Å². The number of thiophene rings is 1. The number of benzene rings is 1. The number of nitrogens with one attached hydrogen (secondary N) is 1. The number of nitrogens with zero attached hydrogens (tertiary/aromatic N) is 1. The monoisotopic (exact) mass is 328 g/mol. The molecule has 1 amide bonds. The number of Topliss-reactive ketones (excluding diaryl/α,β-unsaturated/α-hetero) is 1. The highest BCUT2D eigenvalue weighted by Crippen LogP contribution is 2.25. The summed E-state index contributed by atoms with van der Waals surface area (Å²) in [7, 11) is 0. The van der Waals surface area contributed by atoms with Gasteiger partial charge in [-0.3, -0.25) is 14.9 Å². The van der Waals surface area contributed by atoms with E-state index in [9.17, 15) is 9.59 Å². The Kier molecular flexibility index (Phi) is 4.13. The molecule has 0 aliphatic rings. The molecule has 0 atom stereocenters. The normalized spacial score (nSPS) is 10.4. The highest BCUT2D eigenvalue weighted by atomic mass is 32.1. The van der Waals surface area contributed by atoms with E-state index in [1.807, 2.05) is 35.7 Å². The van der Waals surface area contributed by atoms with E-state index in [0.717, 1.165) is 11.3 Å². The van der Waals surface area contributed by atoms with Crippen LogP contribution in [0.15, 0.2) is 47.8 Å². The number of carbonyl (C=O) groups is 2. The van der Waals surface area contributed by atoms with Crippen LogP contribution in [0, 0.1) is 0 Å². The Morgan fingerprint density at radius 3 is 2.45 bits per heavy atom. The molecule has 0 radical (unpaired) electrons. The van der Waals surface area contributed by atoms with Gasteiger partial charge in [-0.15, -0.1) is 22.7 Å². The van der Waals surface area contributed by atoms with Crippen LogP contribution in [0.4, 0.5) is 5.13 Å². The summed E-state index contributed by atoms with van der Waals surface area (Å²) in [5, 5.41) is 5.21. The van der Waals surface area contributed by atoms with Crippen molar-refractivity contribution in [1.82, 2.24) is 4.98 Å². The Bertz CT molecular complexity index is 822. The van der Waals surface area contributed by atoms with E-state index in [1.165, 1.54) is 29.6 Å². The molecule has 0 spiro atoms. The molecule has 3 rings (SSSR count). The second-order valence-electron chi connectivity index (χ2n) is 4.58. The predicted molar refractivity (Wildman–Crippen MR) is 89.8 cm³/mol. The quantitative estimate of drug-likeness (QED) is 0.725. The molecule has 4 nitrogen and oxygen atoms in total. The summed E-state index contributed by atoms with van der Waals surface area (Å²) in [6.45, 7) is 1.49. The van der Waals surface area contributed by atoms with Gasteiger partial charge in [0.15, 0.2) is 10.9 Å². The smallest absolute Gasteiger partial charge is 0.267 e. The molecular formula is C16H12N2O2S2. The fraction of sp³-hybridized carbons (Fsp3) is 0.0625. The third kappa shape index (κ3) is 3.13. The number of ketones is 1. The molecule has 3 aromatic rings. The lowest BCUT2D eigenvalue weighted by Crippen LogP contribution is -2.09. The van der Waals surface area contributed by atoms with Crippen LogP contribution in [-0.2, 0) is 0 Å². The molecule has 2 aromatic heterocycles. The first-order valence-corrected chi connectivity index (χ1v) is 8.26. The van der Waals surface area contributed by atoms with Crippen LogP contribution >= 0.6 is 22.7 Å². The number of aromatic nitrogens is 1. The van der Waals surface area contributed by atoms with Gasteiger partial charge in [0.2, 0.25) is 0 Å². The van der Waals surface area contributed by atoms with Crippen LogP contribution < -0.4 is 5.32 Å². The summed E-state index contributed by atoms with van der Waals surface area (Å²) in [6.07, 6.45) is 0. The average Bonchev–Trinajstić information content (AvgIpc) is 3.17. The highest BCUT2D eigenvalue weighted by molar-refractivity contribution is 7.16. The van der Waals surface area contributed by atoms with Crippen LogP contribution in [0.5, 0.6) is 0 Å². The van der Waals surface area contributed by atoms with Crippen molar-refractivity contribution in [2.45, 2.75) is 6.92 Å². The predicted octanol–water partition coefficient (Wildman–Crippen LogP) is 4.33. The van der Waals surface area contributed by atoms with E-state index in [2.05, 4.69) is 10.3 Å². The zero-order valence-electron chi connectivity index (χ0n) is 11.7. The second-order valence-corrected chi connectivity index (χ2v) is 6.52. The minimum absolute atomic E-state index is 0.0373. The fourth-order valence-electron chi connectivity index (χ4n) is 1.88. The second kappa shape index (κ2) is 6.21. The SMILES string of the molecule is CC(=O)c1ccc(C(=O)Nc2nc(-c3ccccc3)cs2)s1. The standard InChI is InChI=1S/C16H12N2O2S2/c1-10(19)13-7-8-14(22-13)15(20)18-16-17-12(9-21-16)11-5-3-2-4-6-11/h2-9H,1H3,(H,17,18,20). The molecule has 6 heteroatoms. The largest absolute Gasteiger partial charge is 0.297 e. The molecule has 0 bridgehead atoms. The van der Waals surface area contributed by atoms with Gasteiger partial charge >= 0.3 is 0 Å². The van der Waals surface area contributed by atoms with Crippen molar-refractivity contribution in [1.29, 1.82) is 0 Å². The Morgan fingerprint density at radius 2 is 1.77 bits per heavy atom. The van der Waals surface area contributed by atoms with E-state index in [1.54, 1.807) is 12.1 Å². The summed E-state index contributed by atoms with van der Waals surface area (Å²) < 4.78 is 0. The highest BCUT2D eigenvalue weighted by Gasteiger charge is 2.13. The number of thiazole rings is 1. The third-order valence-electron chi connectivity index (χ3n) is 2.97. The molecule has 110 valence electrons. The number of hydrogen-bond donors (Lipinski definition) is 1. The maximum atomic E-state index is 12.2. The number of amides is 1. The molecule has 0 fully saturated rings. The molecule has 1 aromatic carbocycles. The van der Waals surface area contributed by atoms with E-state index in [0.29, 0.717) is 14.9 Å². The molecule has 0 saturated heterocycles. The van der Waals surface area contributed by atoms with Crippen LogP contribution in [0.3, 0.4) is 0 Å². The maximum Gasteiger partial charge on any atom is 0.267 e. The number of rotatable bonds is 4. The summed E-state index contributed by atoms with van der Waals surface area (Å²) in [5.41, 5.74) is 1.84. The first kappa shape index (κ1) is 14.6. The van der Waals surface area contributed by atoms with Crippen LogP contribution in [0.25, 0.3) is 11.3 Å². The average molecular weight is 328 g/mol. The lowest BCUT2D eigenvalue weighted by Gasteiger charge is -1.98. The maximum absolute atomic E-state index is 12.2. The number of anilines is 1. The molecule has 0 saturated carbocycles. The van der Waals surface area contributed by atoms with E-state index >= 15 is 0 Å². The van der Waals surface area contributed by atoms with Gasteiger partial charge in [0.25, 0.3) is 5.91 Å². The molecule has 2 heterocycles. The van der Waals surface area contributed by atoms with Crippen molar-refractivity contribution in [2.24, 2.45) is 0 Å². The van der Waals surface area contributed by atoms with Gasteiger partial charge in [-0.05, 0) is 19.1 Å². The Hall–Kier alpha value is -2.31. The minimum Gasteiger partial charge on any atom is -0.297 e. The van der Waals surface area contributed by atoms with Crippen molar-refractivity contribution in [3.63, 3.8) is 0 Å². The Labute approximate surface area is 135 Å². The van der Waals surface area contributed by atoms with Gasteiger partial charge in [0.05, 0.1) is 15.4 Å². The Balaban J connectivity index is 1.74. The molecular weight excluding hydrogens is 316 g/mol. The van der Waals surface area contributed by atoms with Gasteiger partial charge < -0.3 is 0 Å². The van der Waals surface area contributed by atoms with Crippen molar-refractivity contribution >= 4 is 39.5 Å². The first-order valence-electron chi connectivity index (χ1n) is 6.56. The van der Waals surface area contributed by atoms with Gasteiger partial charge in [-0.25, -0.2) is 4.98 Å². The van der Waals surface area contributed by atoms with Crippen molar-refractivity contribution in [3.05, 3.63) is 57.6 Å². The molecule has 22 heavy (non-hydrogen) atoms. The lowest BCUT2D eigenvalue weighted by molar-refractivity contribution is 0.101.